The van der Waals surface area contributed by atoms with E-state index in [0.29, 0.717) is 5.88 Å². The Morgan fingerprint density at radius 2 is 2.00 bits per heavy atom. The summed E-state index contributed by atoms with van der Waals surface area (Å²) < 4.78 is 2.45. The lowest BCUT2D eigenvalue weighted by atomic mass is 9.83. The summed E-state index contributed by atoms with van der Waals surface area (Å²) in [7, 11) is 0. The Balaban J connectivity index is 1.93. The lowest BCUT2D eigenvalue weighted by molar-refractivity contribution is 0.265. The fraction of sp³-hybridized carbons (Fsp3) is 0.611. The second kappa shape index (κ2) is 6.39. The van der Waals surface area contributed by atoms with E-state index in [0.717, 1.165) is 36.1 Å². The molecule has 1 aliphatic rings. The highest BCUT2D eigenvalue weighted by atomic mass is 35.5. The Morgan fingerprint density at radius 1 is 1.24 bits per heavy atom. The van der Waals surface area contributed by atoms with Crippen molar-refractivity contribution in [2.45, 2.75) is 52.5 Å². The standard InChI is InChI=1S/C18H25ClN2/c1-13-6-8-15(9-7-13)12-21-17(10-11-19)20-16-5-3-4-14(2)18(16)21/h3-5,13,15H,6-12H2,1-2H3. The van der Waals surface area contributed by atoms with E-state index in [1.807, 2.05) is 0 Å². The molecule has 1 heterocycles. The first-order chi connectivity index (χ1) is 10.2. The molecule has 1 fully saturated rings. The second-order valence-electron chi connectivity index (χ2n) is 6.65. The van der Waals surface area contributed by atoms with Crippen LogP contribution in [-0.2, 0) is 13.0 Å². The summed E-state index contributed by atoms with van der Waals surface area (Å²) in [5.41, 5.74) is 3.76. The highest BCUT2D eigenvalue weighted by Gasteiger charge is 2.21. The molecular formula is C18H25ClN2. The van der Waals surface area contributed by atoms with Crippen LogP contribution in [0.3, 0.4) is 0 Å². The van der Waals surface area contributed by atoms with Gasteiger partial charge in [0.15, 0.2) is 0 Å². The van der Waals surface area contributed by atoms with Gasteiger partial charge in [0.2, 0.25) is 0 Å². The maximum atomic E-state index is 5.98. The van der Waals surface area contributed by atoms with E-state index in [1.54, 1.807) is 0 Å². The molecule has 1 aromatic carbocycles. The van der Waals surface area contributed by atoms with Crippen LogP contribution in [0.1, 0.15) is 44.0 Å². The summed E-state index contributed by atoms with van der Waals surface area (Å²) in [5, 5.41) is 0. The van der Waals surface area contributed by atoms with Gasteiger partial charge in [-0.15, -0.1) is 11.6 Å². The van der Waals surface area contributed by atoms with Gasteiger partial charge in [-0.05, 0) is 43.2 Å². The van der Waals surface area contributed by atoms with Gasteiger partial charge in [-0.3, -0.25) is 0 Å². The number of halogens is 1. The zero-order valence-electron chi connectivity index (χ0n) is 13.1. The number of para-hydroxylation sites is 1. The molecule has 0 aliphatic heterocycles. The zero-order chi connectivity index (χ0) is 14.8. The van der Waals surface area contributed by atoms with E-state index >= 15 is 0 Å². The van der Waals surface area contributed by atoms with Crippen LogP contribution in [-0.4, -0.2) is 15.4 Å². The molecule has 3 rings (SSSR count). The van der Waals surface area contributed by atoms with Gasteiger partial charge in [-0.1, -0.05) is 31.9 Å². The molecule has 1 aliphatic carbocycles. The average Bonchev–Trinajstić information content (AvgIpc) is 2.81. The minimum Gasteiger partial charge on any atom is -0.327 e. The molecule has 21 heavy (non-hydrogen) atoms. The molecule has 0 spiro atoms. The summed E-state index contributed by atoms with van der Waals surface area (Å²) in [6.45, 7) is 5.68. The van der Waals surface area contributed by atoms with Gasteiger partial charge < -0.3 is 4.57 Å². The quantitative estimate of drug-likeness (QED) is 0.731. The first-order valence-corrected chi connectivity index (χ1v) is 8.73. The third-order valence-electron chi connectivity index (χ3n) is 4.94. The van der Waals surface area contributed by atoms with Crippen molar-refractivity contribution in [3.63, 3.8) is 0 Å². The van der Waals surface area contributed by atoms with E-state index in [1.165, 1.54) is 36.8 Å². The van der Waals surface area contributed by atoms with Crippen LogP contribution in [0.2, 0.25) is 0 Å². The molecule has 2 nitrogen and oxygen atoms in total. The van der Waals surface area contributed by atoms with Crippen molar-refractivity contribution in [3.8, 4) is 0 Å². The Bertz CT molecular complexity index is 609. The molecule has 114 valence electrons. The largest absolute Gasteiger partial charge is 0.327 e. The smallest absolute Gasteiger partial charge is 0.111 e. The number of aromatic nitrogens is 2. The molecule has 0 unspecified atom stereocenters. The number of fused-ring (bicyclic) bond motifs is 1. The first-order valence-electron chi connectivity index (χ1n) is 8.19. The molecule has 3 heteroatoms. The van der Waals surface area contributed by atoms with Crippen LogP contribution < -0.4 is 0 Å². The normalized spacial score (nSPS) is 22.8. The van der Waals surface area contributed by atoms with Crippen molar-refractivity contribution in [1.82, 2.24) is 9.55 Å². The number of aryl methyl sites for hydroxylation is 2. The Hall–Kier alpha value is -1.02. The van der Waals surface area contributed by atoms with Crippen molar-refractivity contribution >= 4 is 22.6 Å². The molecular weight excluding hydrogens is 280 g/mol. The SMILES string of the molecule is Cc1cccc2nc(CCCl)n(CC3CCC(C)CC3)c12. The van der Waals surface area contributed by atoms with E-state index in [2.05, 4.69) is 36.6 Å². The molecule has 1 aromatic heterocycles. The van der Waals surface area contributed by atoms with Gasteiger partial charge >= 0.3 is 0 Å². The number of nitrogens with zero attached hydrogens (tertiary/aromatic N) is 2. The summed E-state index contributed by atoms with van der Waals surface area (Å²) in [5.74, 6) is 3.51. The first kappa shape index (κ1) is 14.9. The summed E-state index contributed by atoms with van der Waals surface area (Å²) in [6, 6.07) is 6.41. The third-order valence-corrected chi connectivity index (χ3v) is 5.13. The zero-order valence-corrected chi connectivity index (χ0v) is 13.9. The molecule has 0 radical (unpaired) electrons. The van der Waals surface area contributed by atoms with Crippen LogP contribution >= 0.6 is 11.6 Å². The van der Waals surface area contributed by atoms with Gasteiger partial charge in [0.05, 0.1) is 11.0 Å². The van der Waals surface area contributed by atoms with Crippen LogP contribution in [0, 0.1) is 18.8 Å². The van der Waals surface area contributed by atoms with E-state index in [4.69, 9.17) is 16.6 Å². The highest BCUT2D eigenvalue weighted by Crippen LogP contribution is 2.31. The van der Waals surface area contributed by atoms with Gasteiger partial charge in [0.1, 0.15) is 5.82 Å². The fourth-order valence-electron chi connectivity index (χ4n) is 3.66. The van der Waals surface area contributed by atoms with Gasteiger partial charge in [-0.2, -0.15) is 0 Å². The van der Waals surface area contributed by atoms with Crippen LogP contribution in [0.4, 0.5) is 0 Å². The maximum Gasteiger partial charge on any atom is 0.111 e. The number of hydrogen-bond acceptors (Lipinski definition) is 1. The number of imidazole rings is 1. The Labute approximate surface area is 132 Å². The number of benzene rings is 1. The lowest BCUT2D eigenvalue weighted by Crippen LogP contribution is -2.19. The molecule has 1 saturated carbocycles. The summed E-state index contributed by atoms with van der Waals surface area (Å²) in [6.07, 6.45) is 6.32. The van der Waals surface area contributed by atoms with Crippen LogP contribution in [0.5, 0.6) is 0 Å². The topological polar surface area (TPSA) is 17.8 Å². The van der Waals surface area contributed by atoms with Crippen molar-refractivity contribution in [2.24, 2.45) is 11.8 Å². The molecule has 0 saturated heterocycles. The van der Waals surface area contributed by atoms with Gasteiger partial charge in [0.25, 0.3) is 0 Å². The van der Waals surface area contributed by atoms with Crippen LogP contribution in [0.25, 0.3) is 11.0 Å². The summed E-state index contributed by atoms with van der Waals surface area (Å²) in [4.78, 5) is 4.82. The minimum absolute atomic E-state index is 0.643. The van der Waals surface area contributed by atoms with E-state index < -0.39 is 0 Å². The molecule has 0 atom stereocenters. The molecule has 0 bridgehead atoms. The maximum absolute atomic E-state index is 5.98. The fourth-order valence-corrected chi connectivity index (χ4v) is 3.82. The van der Waals surface area contributed by atoms with E-state index in [-0.39, 0.29) is 0 Å². The van der Waals surface area contributed by atoms with Crippen molar-refractivity contribution in [3.05, 3.63) is 29.6 Å². The molecule has 0 N–H and O–H groups in total. The second-order valence-corrected chi connectivity index (χ2v) is 7.02. The lowest BCUT2D eigenvalue weighted by Gasteiger charge is -2.27. The molecule has 0 amide bonds. The number of hydrogen-bond donors (Lipinski definition) is 0. The van der Waals surface area contributed by atoms with Crippen LogP contribution in [0.15, 0.2) is 18.2 Å². The van der Waals surface area contributed by atoms with E-state index in [9.17, 15) is 0 Å². The number of alkyl halides is 1. The Kier molecular flexibility index (Phi) is 4.54. The van der Waals surface area contributed by atoms with Crippen molar-refractivity contribution in [2.75, 3.05) is 5.88 Å². The highest BCUT2D eigenvalue weighted by molar-refractivity contribution is 6.17. The monoisotopic (exact) mass is 304 g/mol. The predicted octanol–water partition coefficient (Wildman–Crippen LogP) is 4.95. The van der Waals surface area contributed by atoms with Gasteiger partial charge in [-0.25, -0.2) is 4.98 Å². The average molecular weight is 305 g/mol. The minimum atomic E-state index is 0.643. The third kappa shape index (κ3) is 3.11. The molecule has 2 aromatic rings. The van der Waals surface area contributed by atoms with Crippen molar-refractivity contribution in [1.29, 1.82) is 0 Å². The summed E-state index contributed by atoms with van der Waals surface area (Å²) >= 11 is 5.98. The predicted molar refractivity (Wildman–Crippen MR) is 90.0 cm³/mol. The number of rotatable bonds is 4. The van der Waals surface area contributed by atoms with Gasteiger partial charge in [0, 0.05) is 18.8 Å². The van der Waals surface area contributed by atoms with Crippen molar-refractivity contribution < 1.29 is 0 Å². The Morgan fingerprint density at radius 3 is 2.71 bits per heavy atom.